The van der Waals surface area contributed by atoms with Gasteiger partial charge in [-0.1, -0.05) is 39.3 Å². The van der Waals surface area contributed by atoms with Crippen molar-refractivity contribution in [2.24, 2.45) is 46.3 Å². The summed E-state index contributed by atoms with van der Waals surface area (Å²) in [6.07, 6.45) is -19.4. The fourth-order valence-electron chi connectivity index (χ4n) is 15.3. The Labute approximate surface area is 432 Å². The summed E-state index contributed by atoms with van der Waals surface area (Å²) in [7, 11) is 1.72. The zero-order valence-corrected chi connectivity index (χ0v) is 43.7. The molecule has 5 aliphatic heterocycles. The van der Waals surface area contributed by atoms with Gasteiger partial charge in [-0.25, -0.2) is 0 Å². The molecule has 22 heteroatoms. The van der Waals surface area contributed by atoms with E-state index in [1.807, 2.05) is 6.92 Å². The van der Waals surface area contributed by atoms with Gasteiger partial charge in [0.25, 0.3) is 0 Å². The molecule has 8 fully saturated rings. The lowest BCUT2D eigenvalue weighted by Gasteiger charge is -2.58. The molecule has 0 aromatic carbocycles. The first-order valence-corrected chi connectivity index (χ1v) is 27.2. The molecule has 9 aliphatic rings. The molecule has 426 valence electrons. The standard InChI is InChI=1S/C52H86O22/c1-21(20-66-46-40(61)39(60)36(57)31(18-53)70-46)10-15-52(65-7)22(2)33-30(74-52)17-29-27-9-8-25-16-26(11-13-50(25,5)28(27)12-14-51(29,33)6)69-49-45(73-48-42(63)38(59)35(56)24(4)68-48)43(64)44(32(19-54)71-49)72-47-41(62)37(58)34(55)23(3)67-47/h8,21-24,26-49,53-64H,9-20H2,1-7H3/t21-,22-,23-,24-,26-,27+,28-,29-,30-,31+,32+,33-,34-,35-,36+,37+,38+,39-,40+,41+,42+,43-,44+,45+,46+,47?,48-,49+,50-,51-,52?/m0/s1. The lowest BCUT2D eigenvalue weighted by molar-refractivity contribution is -0.388. The number of aliphatic hydroxyl groups excluding tert-OH is 12. The molecule has 12 N–H and O–H groups in total. The van der Waals surface area contributed by atoms with Crippen molar-refractivity contribution < 1.29 is 109 Å². The van der Waals surface area contributed by atoms with Gasteiger partial charge >= 0.3 is 0 Å². The van der Waals surface area contributed by atoms with Crippen molar-refractivity contribution in [2.45, 2.75) is 240 Å². The SMILES string of the molecule is COC1(CC[C@H](C)CO[C@@H]2O[C@H](CO)[C@@H](O)[C@H](O)[C@H]2O)O[C@H]2C[C@H]3[C@@H]4CC=C5C[C@@H](O[C@@H]6O[C@H](CO)[C@@H](OC7O[C@@H](C)[C@H](O)[C@@H](O)[C@H]7O)[C@H](O)[C@H]6O[C@@H]6O[C@@H](C)[C@H](O)[C@@H](O)[C@H]6O)CC[C@]5(C)[C@H]4CC[C@]3(C)[C@H]2[C@@H]1C. The van der Waals surface area contributed by atoms with E-state index < -0.39 is 148 Å². The summed E-state index contributed by atoms with van der Waals surface area (Å²) in [6.45, 7) is 11.1. The minimum absolute atomic E-state index is 0.00465. The summed E-state index contributed by atoms with van der Waals surface area (Å²) in [5.41, 5.74) is 1.19. The molecular weight excluding hydrogens is 977 g/mol. The number of methoxy groups -OCH3 is 1. The maximum Gasteiger partial charge on any atom is 0.187 e. The summed E-state index contributed by atoms with van der Waals surface area (Å²) in [5, 5.41) is 127. The quantitative estimate of drug-likeness (QED) is 0.0846. The molecule has 5 saturated heterocycles. The lowest BCUT2D eigenvalue weighted by Crippen LogP contribution is -2.66. The van der Waals surface area contributed by atoms with Crippen LogP contribution in [0.5, 0.6) is 0 Å². The Balaban J connectivity index is 0.854. The number of fused-ring (bicyclic) bond motifs is 7. The number of ether oxygens (including phenoxy) is 10. The molecule has 31 atom stereocenters. The Hall–Kier alpha value is -1.14. The number of hydrogen-bond donors (Lipinski definition) is 12. The highest BCUT2D eigenvalue weighted by Crippen LogP contribution is 2.70. The second kappa shape index (κ2) is 22.4. The molecule has 5 heterocycles. The highest BCUT2D eigenvalue weighted by Gasteiger charge is 2.68. The minimum atomic E-state index is -1.74. The van der Waals surface area contributed by atoms with Crippen molar-refractivity contribution in [1.29, 1.82) is 0 Å². The number of hydrogen-bond acceptors (Lipinski definition) is 22. The second-order valence-electron chi connectivity index (χ2n) is 24.0. The molecule has 3 saturated carbocycles. The zero-order valence-electron chi connectivity index (χ0n) is 43.7. The second-order valence-corrected chi connectivity index (χ2v) is 24.0. The molecular formula is C52H86O22. The van der Waals surface area contributed by atoms with E-state index in [9.17, 15) is 61.3 Å². The summed E-state index contributed by atoms with van der Waals surface area (Å²) in [5.74, 6) is 0.884. The van der Waals surface area contributed by atoms with Crippen molar-refractivity contribution in [2.75, 3.05) is 26.9 Å². The minimum Gasteiger partial charge on any atom is -0.394 e. The van der Waals surface area contributed by atoms with Gasteiger partial charge in [0, 0.05) is 19.4 Å². The highest BCUT2D eigenvalue weighted by atomic mass is 16.8. The monoisotopic (exact) mass is 1060 g/mol. The summed E-state index contributed by atoms with van der Waals surface area (Å²) >= 11 is 0. The van der Waals surface area contributed by atoms with Crippen LogP contribution in [0.4, 0.5) is 0 Å². The van der Waals surface area contributed by atoms with E-state index in [1.54, 1.807) is 7.11 Å². The average molecular weight is 1060 g/mol. The Morgan fingerprint density at radius 1 is 0.649 bits per heavy atom. The first kappa shape index (κ1) is 57.5. The zero-order chi connectivity index (χ0) is 53.5. The Morgan fingerprint density at radius 3 is 1.86 bits per heavy atom. The van der Waals surface area contributed by atoms with E-state index in [-0.39, 0.29) is 41.3 Å². The van der Waals surface area contributed by atoms with Crippen LogP contribution in [-0.4, -0.2) is 229 Å². The van der Waals surface area contributed by atoms with Crippen molar-refractivity contribution >= 4 is 0 Å². The van der Waals surface area contributed by atoms with E-state index in [1.165, 1.54) is 19.4 Å². The predicted octanol–water partition coefficient (Wildman–Crippen LogP) is -1.33. The third-order valence-corrected chi connectivity index (χ3v) is 19.8. The van der Waals surface area contributed by atoms with Crippen LogP contribution in [0.2, 0.25) is 0 Å². The molecule has 22 nitrogen and oxygen atoms in total. The largest absolute Gasteiger partial charge is 0.394 e. The fraction of sp³-hybridized carbons (Fsp3) is 0.962. The normalized spacial score (nSPS) is 54.9. The molecule has 2 unspecified atom stereocenters. The van der Waals surface area contributed by atoms with E-state index in [0.29, 0.717) is 43.4 Å². The topological polar surface area (TPSA) is 335 Å². The van der Waals surface area contributed by atoms with Gasteiger partial charge in [-0.3, -0.25) is 0 Å². The molecule has 0 aromatic rings. The van der Waals surface area contributed by atoms with Gasteiger partial charge in [-0.05, 0) is 106 Å². The van der Waals surface area contributed by atoms with Crippen LogP contribution < -0.4 is 0 Å². The van der Waals surface area contributed by atoms with Gasteiger partial charge in [0.15, 0.2) is 30.9 Å². The third-order valence-electron chi connectivity index (χ3n) is 19.8. The predicted molar refractivity (Wildman–Crippen MR) is 254 cm³/mol. The van der Waals surface area contributed by atoms with E-state index >= 15 is 0 Å². The first-order chi connectivity index (χ1) is 35.0. The van der Waals surface area contributed by atoms with E-state index in [4.69, 9.17) is 47.4 Å². The Bertz CT molecular complexity index is 1920. The van der Waals surface area contributed by atoms with Crippen LogP contribution in [0.15, 0.2) is 11.6 Å². The smallest absolute Gasteiger partial charge is 0.187 e. The van der Waals surface area contributed by atoms with Crippen LogP contribution in [0.1, 0.15) is 99.3 Å². The molecule has 0 spiro atoms. The van der Waals surface area contributed by atoms with Crippen LogP contribution in [0, 0.1) is 46.3 Å². The summed E-state index contributed by atoms with van der Waals surface area (Å²) in [4.78, 5) is 0. The van der Waals surface area contributed by atoms with Crippen LogP contribution in [0.25, 0.3) is 0 Å². The fourth-order valence-corrected chi connectivity index (χ4v) is 15.3. The number of rotatable bonds is 15. The molecule has 4 aliphatic carbocycles. The third kappa shape index (κ3) is 10.1. The Morgan fingerprint density at radius 2 is 1.24 bits per heavy atom. The summed E-state index contributed by atoms with van der Waals surface area (Å²) < 4.78 is 61.5. The van der Waals surface area contributed by atoms with Gasteiger partial charge in [0.2, 0.25) is 0 Å². The van der Waals surface area contributed by atoms with Crippen LogP contribution >= 0.6 is 0 Å². The van der Waals surface area contributed by atoms with Gasteiger partial charge in [0.1, 0.15) is 85.5 Å². The summed E-state index contributed by atoms with van der Waals surface area (Å²) in [6, 6.07) is 0. The van der Waals surface area contributed by atoms with Crippen molar-refractivity contribution in [3.63, 3.8) is 0 Å². The van der Waals surface area contributed by atoms with E-state index in [2.05, 4.69) is 26.8 Å². The Kier molecular flexibility index (Phi) is 17.4. The van der Waals surface area contributed by atoms with Gasteiger partial charge in [0.05, 0.1) is 44.2 Å². The lowest BCUT2D eigenvalue weighted by atomic mass is 9.47. The molecule has 9 rings (SSSR count). The van der Waals surface area contributed by atoms with Crippen molar-refractivity contribution in [3.8, 4) is 0 Å². The molecule has 0 amide bonds. The van der Waals surface area contributed by atoms with Gasteiger partial charge in [-0.2, -0.15) is 0 Å². The first-order valence-electron chi connectivity index (χ1n) is 27.2. The molecule has 0 bridgehead atoms. The highest BCUT2D eigenvalue weighted by molar-refractivity contribution is 5.26. The number of allylic oxidation sites excluding steroid dienone is 1. The van der Waals surface area contributed by atoms with Crippen molar-refractivity contribution in [3.05, 3.63) is 11.6 Å². The van der Waals surface area contributed by atoms with E-state index in [0.717, 1.165) is 32.1 Å². The van der Waals surface area contributed by atoms with Crippen LogP contribution in [-0.2, 0) is 47.4 Å². The molecule has 0 radical (unpaired) electrons. The van der Waals surface area contributed by atoms with Gasteiger partial charge < -0.3 is 109 Å². The molecule has 74 heavy (non-hydrogen) atoms. The van der Waals surface area contributed by atoms with Crippen molar-refractivity contribution in [1.82, 2.24) is 0 Å². The number of aliphatic hydroxyl groups is 12. The maximum absolute atomic E-state index is 12.1. The average Bonchev–Trinajstić information content (AvgIpc) is 3.84. The maximum atomic E-state index is 12.1. The molecule has 0 aromatic heterocycles. The van der Waals surface area contributed by atoms with Crippen LogP contribution in [0.3, 0.4) is 0 Å². The van der Waals surface area contributed by atoms with Gasteiger partial charge in [-0.15, -0.1) is 0 Å².